The molecule has 2 rings (SSSR count). The highest BCUT2D eigenvalue weighted by Crippen LogP contribution is 2.31. The highest BCUT2D eigenvalue weighted by molar-refractivity contribution is 5.02. The molecule has 7 heteroatoms. The molecule has 0 fully saturated rings. The van der Waals surface area contributed by atoms with E-state index in [9.17, 15) is 13.2 Å². The lowest BCUT2D eigenvalue weighted by molar-refractivity contribution is -0.145. The average molecular weight is 234 g/mol. The van der Waals surface area contributed by atoms with Gasteiger partial charge in [-0.15, -0.1) is 5.10 Å². The smallest absolute Gasteiger partial charge is 0.326 e. The zero-order chi connectivity index (χ0) is 11.9. The highest BCUT2D eigenvalue weighted by Gasteiger charge is 2.38. The topological polar surface area (TPSA) is 56.7 Å². The Balaban J connectivity index is 2.38. The van der Waals surface area contributed by atoms with Gasteiger partial charge in [0.05, 0.1) is 6.04 Å². The molecule has 0 spiro atoms. The van der Waals surface area contributed by atoms with Crippen molar-refractivity contribution in [1.29, 1.82) is 0 Å². The Labute approximate surface area is 90.6 Å². The van der Waals surface area contributed by atoms with Crippen molar-refractivity contribution in [2.75, 3.05) is 0 Å². The zero-order valence-corrected chi connectivity index (χ0v) is 8.83. The van der Waals surface area contributed by atoms with E-state index in [2.05, 4.69) is 10.1 Å². The van der Waals surface area contributed by atoms with E-state index in [1.807, 2.05) is 0 Å². The third-order valence-corrected chi connectivity index (χ3v) is 2.78. The molecule has 1 aromatic heterocycles. The summed E-state index contributed by atoms with van der Waals surface area (Å²) in [6.07, 6.45) is -2.38. The first kappa shape index (κ1) is 11.4. The van der Waals surface area contributed by atoms with E-state index in [4.69, 9.17) is 5.73 Å². The van der Waals surface area contributed by atoms with E-state index in [0.29, 0.717) is 12.2 Å². The van der Waals surface area contributed by atoms with Crippen LogP contribution < -0.4 is 5.73 Å². The van der Waals surface area contributed by atoms with Gasteiger partial charge in [0.25, 0.3) is 5.82 Å². The third-order valence-electron chi connectivity index (χ3n) is 2.78. The number of aromatic nitrogens is 3. The van der Waals surface area contributed by atoms with Crippen LogP contribution in [0.2, 0.25) is 0 Å². The molecule has 2 N–H and O–H groups in total. The van der Waals surface area contributed by atoms with Crippen LogP contribution in [0, 0.1) is 0 Å². The molecule has 0 bridgehead atoms. The van der Waals surface area contributed by atoms with Crippen molar-refractivity contribution >= 4 is 0 Å². The molecule has 0 saturated heterocycles. The number of nitrogens with two attached hydrogens (primary N) is 1. The minimum Gasteiger partial charge on any atom is -0.326 e. The van der Waals surface area contributed by atoms with E-state index < -0.39 is 12.0 Å². The number of rotatable bonds is 1. The first-order valence-electron chi connectivity index (χ1n) is 5.18. The van der Waals surface area contributed by atoms with Gasteiger partial charge in [0.1, 0.15) is 5.82 Å². The summed E-state index contributed by atoms with van der Waals surface area (Å²) in [4.78, 5) is 3.53. The zero-order valence-electron chi connectivity index (χ0n) is 8.83. The molecule has 0 saturated carbocycles. The molecule has 0 aromatic carbocycles. The summed E-state index contributed by atoms with van der Waals surface area (Å²) in [5.41, 5.74) is 5.73. The fraction of sp³-hybridized carbons (Fsp3) is 0.778. The van der Waals surface area contributed by atoms with E-state index in [1.165, 1.54) is 4.68 Å². The summed E-state index contributed by atoms with van der Waals surface area (Å²) in [5, 5.41) is 3.53. The lowest BCUT2D eigenvalue weighted by atomic mass is 10.00. The van der Waals surface area contributed by atoms with Crippen LogP contribution in [0.15, 0.2) is 0 Å². The van der Waals surface area contributed by atoms with Crippen molar-refractivity contribution in [3.8, 4) is 0 Å². The highest BCUT2D eigenvalue weighted by atomic mass is 19.4. The van der Waals surface area contributed by atoms with Gasteiger partial charge in [-0.25, -0.2) is 9.67 Å². The Kier molecular flexibility index (Phi) is 2.65. The van der Waals surface area contributed by atoms with Crippen LogP contribution in [0.5, 0.6) is 0 Å². The Hall–Kier alpha value is -1.11. The number of hydrogen-bond acceptors (Lipinski definition) is 3. The second kappa shape index (κ2) is 3.73. The van der Waals surface area contributed by atoms with Crippen molar-refractivity contribution in [3.05, 3.63) is 11.6 Å². The maximum absolute atomic E-state index is 12.4. The molecule has 0 amide bonds. The maximum atomic E-state index is 12.4. The largest absolute Gasteiger partial charge is 0.453 e. The standard InChI is InChI=1S/C9H13F3N4/c1-5(13)6-3-2-4-7-14-8(9(10,11)12)15-16(6)7/h5-6H,2-4,13H2,1H3. The number of alkyl halides is 3. The second-order valence-electron chi connectivity index (χ2n) is 4.11. The van der Waals surface area contributed by atoms with Gasteiger partial charge in [-0.3, -0.25) is 0 Å². The average Bonchev–Trinajstić information content (AvgIpc) is 2.59. The molecule has 90 valence electrons. The van der Waals surface area contributed by atoms with Gasteiger partial charge in [0, 0.05) is 12.5 Å². The van der Waals surface area contributed by atoms with Crippen LogP contribution >= 0.6 is 0 Å². The molecule has 4 nitrogen and oxygen atoms in total. The van der Waals surface area contributed by atoms with Crippen molar-refractivity contribution in [2.24, 2.45) is 5.73 Å². The van der Waals surface area contributed by atoms with Gasteiger partial charge in [0.2, 0.25) is 0 Å². The molecular formula is C9H13F3N4. The van der Waals surface area contributed by atoms with Crippen molar-refractivity contribution in [2.45, 2.75) is 44.4 Å². The first-order chi connectivity index (χ1) is 7.39. The lowest BCUT2D eigenvalue weighted by Gasteiger charge is -2.26. The predicted molar refractivity (Wildman–Crippen MR) is 50.6 cm³/mol. The van der Waals surface area contributed by atoms with Gasteiger partial charge in [-0.1, -0.05) is 0 Å². The molecule has 1 aliphatic heterocycles. The van der Waals surface area contributed by atoms with E-state index in [1.54, 1.807) is 6.92 Å². The number of aryl methyl sites for hydroxylation is 1. The molecule has 0 radical (unpaired) electrons. The Morgan fingerprint density at radius 2 is 2.19 bits per heavy atom. The molecule has 2 heterocycles. The third kappa shape index (κ3) is 1.91. The minimum atomic E-state index is -4.48. The molecular weight excluding hydrogens is 221 g/mol. The van der Waals surface area contributed by atoms with Gasteiger partial charge < -0.3 is 5.73 Å². The van der Waals surface area contributed by atoms with E-state index >= 15 is 0 Å². The summed E-state index contributed by atoms with van der Waals surface area (Å²) in [7, 11) is 0. The summed E-state index contributed by atoms with van der Waals surface area (Å²) < 4.78 is 38.6. The number of nitrogens with zero attached hydrogens (tertiary/aromatic N) is 3. The van der Waals surface area contributed by atoms with Gasteiger partial charge >= 0.3 is 6.18 Å². The fourth-order valence-corrected chi connectivity index (χ4v) is 1.99. The first-order valence-corrected chi connectivity index (χ1v) is 5.18. The monoisotopic (exact) mass is 234 g/mol. The second-order valence-corrected chi connectivity index (χ2v) is 4.11. The Bertz CT molecular complexity index is 383. The van der Waals surface area contributed by atoms with Crippen LogP contribution in [0.1, 0.15) is 37.5 Å². The van der Waals surface area contributed by atoms with E-state index in [-0.39, 0.29) is 12.1 Å². The number of fused-ring (bicyclic) bond motifs is 1. The van der Waals surface area contributed by atoms with Crippen LogP contribution in [0.4, 0.5) is 13.2 Å². The van der Waals surface area contributed by atoms with Gasteiger partial charge in [0.15, 0.2) is 0 Å². The Morgan fingerprint density at radius 1 is 1.50 bits per heavy atom. The van der Waals surface area contributed by atoms with Gasteiger partial charge in [-0.2, -0.15) is 13.2 Å². The predicted octanol–water partition coefficient (Wildman–Crippen LogP) is 1.52. The normalized spacial score (nSPS) is 22.9. The van der Waals surface area contributed by atoms with Crippen molar-refractivity contribution < 1.29 is 13.2 Å². The minimum absolute atomic E-state index is 0.174. The number of halogens is 3. The van der Waals surface area contributed by atoms with Crippen molar-refractivity contribution in [1.82, 2.24) is 14.8 Å². The van der Waals surface area contributed by atoms with Crippen LogP contribution in [-0.4, -0.2) is 20.8 Å². The quantitative estimate of drug-likeness (QED) is 0.801. The molecule has 16 heavy (non-hydrogen) atoms. The van der Waals surface area contributed by atoms with E-state index in [0.717, 1.165) is 12.8 Å². The Morgan fingerprint density at radius 3 is 2.75 bits per heavy atom. The molecule has 1 aromatic rings. The fourth-order valence-electron chi connectivity index (χ4n) is 1.99. The summed E-state index contributed by atoms with van der Waals surface area (Å²) in [6.45, 7) is 1.77. The van der Waals surface area contributed by atoms with Crippen molar-refractivity contribution in [3.63, 3.8) is 0 Å². The lowest BCUT2D eigenvalue weighted by Crippen LogP contribution is -2.33. The summed E-state index contributed by atoms with van der Waals surface area (Å²) >= 11 is 0. The van der Waals surface area contributed by atoms with Crippen LogP contribution in [-0.2, 0) is 12.6 Å². The molecule has 1 aliphatic rings. The summed E-state index contributed by atoms with van der Waals surface area (Å²) in [5.74, 6) is -0.670. The maximum Gasteiger partial charge on any atom is 0.453 e. The molecule has 0 aliphatic carbocycles. The van der Waals surface area contributed by atoms with Crippen LogP contribution in [0.3, 0.4) is 0 Å². The van der Waals surface area contributed by atoms with Gasteiger partial charge in [-0.05, 0) is 19.8 Å². The molecule has 2 atom stereocenters. The summed E-state index contributed by atoms with van der Waals surface area (Å²) in [6, 6.07) is -0.394. The molecule has 2 unspecified atom stereocenters. The van der Waals surface area contributed by atoms with Crippen LogP contribution in [0.25, 0.3) is 0 Å². The SMILES string of the molecule is CC(N)C1CCCc2nc(C(F)(F)F)nn21. The number of hydrogen-bond donors (Lipinski definition) is 1.